The molecule has 2 N–H and O–H groups in total. The minimum atomic E-state index is 0. The van der Waals surface area contributed by atoms with E-state index in [0.717, 1.165) is 45.1 Å². The van der Waals surface area contributed by atoms with E-state index in [9.17, 15) is 0 Å². The van der Waals surface area contributed by atoms with Crippen molar-refractivity contribution >= 4 is 29.9 Å². The normalized spacial score (nSPS) is 11.0. The Morgan fingerprint density at radius 1 is 1.09 bits per heavy atom. The van der Waals surface area contributed by atoms with Crippen LogP contribution in [0.15, 0.2) is 23.2 Å². The fraction of sp³-hybridized carbons (Fsp3) is 0.588. The molecule has 0 radical (unpaired) electrons. The largest absolute Gasteiger partial charge is 0.382 e. The van der Waals surface area contributed by atoms with E-state index in [-0.39, 0.29) is 24.0 Å². The molecule has 1 rings (SSSR count). The molecule has 0 amide bonds. The molecule has 0 spiro atoms. The van der Waals surface area contributed by atoms with Crippen molar-refractivity contribution < 1.29 is 4.74 Å². The molecule has 4 nitrogen and oxygen atoms in total. The van der Waals surface area contributed by atoms with Gasteiger partial charge in [0.25, 0.3) is 0 Å². The summed E-state index contributed by atoms with van der Waals surface area (Å²) in [6.45, 7) is 9.63. The highest BCUT2D eigenvalue weighted by Gasteiger charge is 1.99. The fourth-order valence-electron chi connectivity index (χ4n) is 2.28. The number of nitrogens with zero attached hydrogens (tertiary/aromatic N) is 1. The monoisotopic (exact) mass is 419 g/mol. The maximum absolute atomic E-state index is 5.31. The second-order valence-electron chi connectivity index (χ2n) is 5.22. The first-order valence-electron chi connectivity index (χ1n) is 7.75. The van der Waals surface area contributed by atoms with E-state index >= 15 is 0 Å². The second kappa shape index (κ2) is 12.7. The van der Waals surface area contributed by atoms with Crippen molar-refractivity contribution in [3.8, 4) is 0 Å². The Balaban J connectivity index is 0.00000441. The SMILES string of the molecule is CCOCCCNC(=NC)NCCc1cc(C)cc(C)c1.I. The summed E-state index contributed by atoms with van der Waals surface area (Å²) in [5, 5.41) is 6.64. The third-order valence-electron chi connectivity index (χ3n) is 3.17. The highest BCUT2D eigenvalue weighted by molar-refractivity contribution is 14.0. The number of benzene rings is 1. The van der Waals surface area contributed by atoms with Gasteiger partial charge in [-0.2, -0.15) is 0 Å². The Bertz CT molecular complexity index is 429. The zero-order chi connectivity index (χ0) is 15.5. The molecule has 1 aromatic carbocycles. The highest BCUT2D eigenvalue weighted by Crippen LogP contribution is 2.08. The van der Waals surface area contributed by atoms with Gasteiger partial charge in [0.1, 0.15) is 0 Å². The Labute approximate surface area is 152 Å². The van der Waals surface area contributed by atoms with Crippen molar-refractivity contribution in [3.05, 3.63) is 34.9 Å². The van der Waals surface area contributed by atoms with Gasteiger partial charge in [0.05, 0.1) is 0 Å². The maximum Gasteiger partial charge on any atom is 0.190 e. The van der Waals surface area contributed by atoms with Gasteiger partial charge in [0.15, 0.2) is 5.96 Å². The van der Waals surface area contributed by atoms with Gasteiger partial charge >= 0.3 is 0 Å². The molecule has 0 saturated heterocycles. The number of nitrogens with one attached hydrogen (secondary N) is 2. The van der Waals surface area contributed by atoms with Crippen LogP contribution < -0.4 is 10.6 Å². The highest BCUT2D eigenvalue weighted by atomic mass is 127. The van der Waals surface area contributed by atoms with Crippen LogP contribution in [0.1, 0.15) is 30.0 Å². The van der Waals surface area contributed by atoms with E-state index in [4.69, 9.17) is 4.74 Å². The van der Waals surface area contributed by atoms with Gasteiger partial charge in [-0.05, 0) is 39.2 Å². The number of guanidine groups is 1. The summed E-state index contributed by atoms with van der Waals surface area (Å²) in [5.74, 6) is 0.857. The lowest BCUT2D eigenvalue weighted by Crippen LogP contribution is -2.39. The Hall–Kier alpha value is -0.820. The van der Waals surface area contributed by atoms with Gasteiger partial charge in [-0.25, -0.2) is 0 Å². The molecule has 0 bridgehead atoms. The van der Waals surface area contributed by atoms with Gasteiger partial charge in [-0.1, -0.05) is 29.3 Å². The van der Waals surface area contributed by atoms with Crippen molar-refractivity contribution in [1.82, 2.24) is 10.6 Å². The van der Waals surface area contributed by atoms with Crippen LogP contribution in [-0.2, 0) is 11.2 Å². The van der Waals surface area contributed by atoms with Crippen LogP contribution in [0.25, 0.3) is 0 Å². The van der Waals surface area contributed by atoms with Crippen LogP contribution in [0.4, 0.5) is 0 Å². The van der Waals surface area contributed by atoms with Crippen LogP contribution in [0.3, 0.4) is 0 Å². The van der Waals surface area contributed by atoms with E-state index in [2.05, 4.69) is 47.7 Å². The van der Waals surface area contributed by atoms with Crippen molar-refractivity contribution in [2.75, 3.05) is 33.4 Å². The summed E-state index contributed by atoms with van der Waals surface area (Å²) < 4.78 is 5.31. The van der Waals surface area contributed by atoms with E-state index in [0.29, 0.717) is 0 Å². The molecule has 126 valence electrons. The lowest BCUT2D eigenvalue weighted by atomic mass is 10.1. The Kier molecular flexibility index (Phi) is 12.2. The number of aryl methyl sites for hydroxylation is 2. The third-order valence-corrected chi connectivity index (χ3v) is 3.17. The van der Waals surface area contributed by atoms with Gasteiger partial charge in [-0.3, -0.25) is 4.99 Å². The van der Waals surface area contributed by atoms with Crippen LogP contribution >= 0.6 is 24.0 Å². The maximum atomic E-state index is 5.31. The Morgan fingerprint density at radius 3 is 2.32 bits per heavy atom. The van der Waals surface area contributed by atoms with Gasteiger partial charge in [-0.15, -0.1) is 24.0 Å². The predicted molar refractivity (Wildman–Crippen MR) is 106 cm³/mol. The van der Waals surface area contributed by atoms with Crippen LogP contribution in [0, 0.1) is 13.8 Å². The molecule has 0 saturated carbocycles. The van der Waals surface area contributed by atoms with E-state index in [1.165, 1.54) is 16.7 Å². The number of halogens is 1. The van der Waals surface area contributed by atoms with E-state index in [1.807, 2.05) is 6.92 Å². The van der Waals surface area contributed by atoms with Crippen LogP contribution in [0.2, 0.25) is 0 Å². The fourth-order valence-corrected chi connectivity index (χ4v) is 2.28. The predicted octanol–water partition coefficient (Wildman–Crippen LogP) is 3.06. The van der Waals surface area contributed by atoms with Gasteiger partial charge in [0, 0.05) is 33.4 Å². The molecule has 5 heteroatoms. The van der Waals surface area contributed by atoms with Crippen LogP contribution in [-0.4, -0.2) is 39.3 Å². The summed E-state index contributed by atoms with van der Waals surface area (Å²) in [6, 6.07) is 6.69. The molecular weight excluding hydrogens is 389 g/mol. The van der Waals surface area contributed by atoms with E-state index in [1.54, 1.807) is 7.05 Å². The molecule has 0 aliphatic carbocycles. The molecule has 0 atom stereocenters. The summed E-state index contributed by atoms with van der Waals surface area (Å²) in [7, 11) is 1.80. The van der Waals surface area contributed by atoms with Gasteiger partial charge in [0.2, 0.25) is 0 Å². The molecule has 22 heavy (non-hydrogen) atoms. The average molecular weight is 419 g/mol. The van der Waals surface area contributed by atoms with Gasteiger partial charge < -0.3 is 15.4 Å². The lowest BCUT2D eigenvalue weighted by molar-refractivity contribution is 0.145. The number of ether oxygens (including phenoxy) is 1. The number of hydrogen-bond acceptors (Lipinski definition) is 2. The molecule has 1 aromatic rings. The standard InChI is InChI=1S/C17H29N3O.HI/c1-5-21-10-6-8-19-17(18-4)20-9-7-16-12-14(2)11-15(3)13-16;/h11-13H,5-10H2,1-4H3,(H2,18,19,20);1H. The summed E-state index contributed by atoms with van der Waals surface area (Å²) in [5.41, 5.74) is 4.01. The van der Waals surface area contributed by atoms with Crippen molar-refractivity contribution in [3.63, 3.8) is 0 Å². The first-order chi connectivity index (χ1) is 10.2. The first-order valence-corrected chi connectivity index (χ1v) is 7.75. The first kappa shape index (κ1) is 21.2. The minimum Gasteiger partial charge on any atom is -0.382 e. The third kappa shape index (κ3) is 9.25. The van der Waals surface area contributed by atoms with Crippen molar-refractivity contribution in [2.24, 2.45) is 4.99 Å². The summed E-state index contributed by atoms with van der Waals surface area (Å²) in [4.78, 5) is 4.23. The lowest BCUT2D eigenvalue weighted by Gasteiger charge is -2.12. The number of hydrogen-bond donors (Lipinski definition) is 2. The molecular formula is C17H30IN3O. The molecule has 0 heterocycles. The zero-order valence-electron chi connectivity index (χ0n) is 14.2. The summed E-state index contributed by atoms with van der Waals surface area (Å²) >= 11 is 0. The van der Waals surface area contributed by atoms with E-state index < -0.39 is 0 Å². The second-order valence-corrected chi connectivity index (χ2v) is 5.22. The zero-order valence-corrected chi connectivity index (χ0v) is 16.6. The Morgan fingerprint density at radius 2 is 1.73 bits per heavy atom. The summed E-state index contributed by atoms with van der Waals surface area (Å²) in [6.07, 6.45) is 1.99. The van der Waals surface area contributed by atoms with Crippen molar-refractivity contribution in [2.45, 2.75) is 33.6 Å². The van der Waals surface area contributed by atoms with Crippen LogP contribution in [0.5, 0.6) is 0 Å². The molecule has 0 aliphatic heterocycles. The molecule has 0 fully saturated rings. The minimum absolute atomic E-state index is 0. The topological polar surface area (TPSA) is 45.6 Å². The quantitative estimate of drug-likeness (QED) is 0.295. The molecule has 0 aromatic heterocycles. The van der Waals surface area contributed by atoms with Crippen molar-refractivity contribution in [1.29, 1.82) is 0 Å². The number of rotatable bonds is 8. The molecule has 0 aliphatic rings. The molecule has 0 unspecified atom stereocenters. The smallest absolute Gasteiger partial charge is 0.190 e. The number of aliphatic imine (C=N–C) groups is 1. The average Bonchev–Trinajstić information content (AvgIpc) is 2.44.